The second-order valence-corrected chi connectivity index (χ2v) is 4.42. The minimum atomic E-state index is 0.550. The molecule has 0 atom stereocenters. The zero-order chi connectivity index (χ0) is 10.7. The number of methoxy groups -OCH3 is 1. The van der Waals surface area contributed by atoms with Gasteiger partial charge >= 0.3 is 0 Å². The molecular weight excluding hydrogens is 232 g/mol. The summed E-state index contributed by atoms with van der Waals surface area (Å²) in [7, 11) is 1.69. The third kappa shape index (κ3) is 2.45. The quantitative estimate of drug-likeness (QED) is 0.611. The number of nitrogens with zero attached hydrogens (tertiary/aromatic N) is 2. The van der Waals surface area contributed by atoms with Crippen LogP contribution in [0.15, 0.2) is 11.4 Å². The van der Waals surface area contributed by atoms with E-state index in [1.165, 1.54) is 0 Å². The number of hydrogen-bond acceptors (Lipinski definition) is 4. The van der Waals surface area contributed by atoms with Gasteiger partial charge in [-0.25, -0.2) is 9.97 Å². The van der Waals surface area contributed by atoms with Crippen molar-refractivity contribution in [2.45, 2.75) is 12.8 Å². The van der Waals surface area contributed by atoms with E-state index in [9.17, 15) is 0 Å². The number of aryl methyl sites for hydroxylation is 1. The van der Waals surface area contributed by atoms with Crippen molar-refractivity contribution in [2.24, 2.45) is 0 Å². The predicted molar refractivity (Wildman–Crippen MR) is 62.6 cm³/mol. The van der Waals surface area contributed by atoms with Crippen LogP contribution in [0.1, 0.15) is 12.2 Å². The minimum Gasteiger partial charge on any atom is -0.385 e. The van der Waals surface area contributed by atoms with E-state index in [1.807, 2.05) is 11.4 Å². The molecule has 0 aliphatic heterocycles. The van der Waals surface area contributed by atoms with Crippen molar-refractivity contribution in [3.63, 3.8) is 0 Å². The first kappa shape index (κ1) is 10.8. The molecule has 2 heterocycles. The van der Waals surface area contributed by atoms with Crippen LogP contribution in [-0.2, 0) is 11.2 Å². The standard InChI is InChI=1S/C10H11ClN2OS/c1-14-5-2-3-8-12-9(11)7-4-6-15-10(7)13-8/h4,6H,2-3,5H2,1H3. The van der Waals surface area contributed by atoms with Crippen LogP contribution in [0.25, 0.3) is 10.2 Å². The minimum absolute atomic E-state index is 0.550. The number of aromatic nitrogens is 2. The molecule has 0 N–H and O–H groups in total. The fourth-order valence-corrected chi connectivity index (χ4v) is 2.44. The van der Waals surface area contributed by atoms with E-state index >= 15 is 0 Å². The first-order valence-corrected chi connectivity index (χ1v) is 5.95. The van der Waals surface area contributed by atoms with E-state index < -0.39 is 0 Å². The fourth-order valence-electron chi connectivity index (χ4n) is 1.35. The van der Waals surface area contributed by atoms with Gasteiger partial charge in [-0.3, -0.25) is 0 Å². The number of ether oxygens (including phenoxy) is 1. The number of halogens is 1. The van der Waals surface area contributed by atoms with Crippen molar-refractivity contribution in [1.29, 1.82) is 0 Å². The lowest BCUT2D eigenvalue weighted by Gasteiger charge is -2.00. The number of fused-ring (bicyclic) bond motifs is 1. The average Bonchev–Trinajstić information content (AvgIpc) is 2.66. The van der Waals surface area contributed by atoms with Crippen LogP contribution in [0.5, 0.6) is 0 Å². The molecule has 15 heavy (non-hydrogen) atoms. The van der Waals surface area contributed by atoms with Gasteiger partial charge in [-0.1, -0.05) is 11.6 Å². The Morgan fingerprint density at radius 2 is 2.33 bits per heavy atom. The Balaban J connectivity index is 2.21. The van der Waals surface area contributed by atoms with Crippen LogP contribution in [0.4, 0.5) is 0 Å². The molecule has 0 unspecified atom stereocenters. The van der Waals surface area contributed by atoms with Gasteiger partial charge in [0.15, 0.2) is 0 Å². The molecule has 80 valence electrons. The van der Waals surface area contributed by atoms with Gasteiger partial charge in [0.1, 0.15) is 15.8 Å². The highest BCUT2D eigenvalue weighted by atomic mass is 35.5. The zero-order valence-corrected chi connectivity index (χ0v) is 9.94. The Labute approximate surface area is 97.1 Å². The predicted octanol–water partition coefficient (Wildman–Crippen LogP) is 2.92. The SMILES string of the molecule is COCCCc1nc(Cl)c2ccsc2n1. The van der Waals surface area contributed by atoms with Gasteiger partial charge in [0.2, 0.25) is 0 Å². The molecule has 2 rings (SSSR count). The van der Waals surface area contributed by atoms with Gasteiger partial charge in [-0.2, -0.15) is 0 Å². The van der Waals surface area contributed by atoms with Gasteiger partial charge in [0.25, 0.3) is 0 Å². The number of hydrogen-bond donors (Lipinski definition) is 0. The lowest BCUT2D eigenvalue weighted by Crippen LogP contribution is -1.98. The fraction of sp³-hybridized carbons (Fsp3) is 0.400. The molecule has 5 heteroatoms. The molecule has 0 radical (unpaired) electrons. The maximum Gasteiger partial charge on any atom is 0.141 e. The second-order valence-electron chi connectivity index (χ2n) is 3.17. The summed E-state index contributed by atoms with van der Waals surface area (Å²) < 4.78 is 4.98. The van der Waals surface area contributed by atoms with E-state index in [0.717, 1.165) is 35.5 Å². The van der Waals surface area contributed by atoms with E-state index in [2.05, 4.69) is 9.97 Å². The Bertz CT molecular complexity index is 458. The molecule has 2 aromatic rings. The lowest BCUT2D eigenvalue weighted by molar-refractivity contribution is 0.194. The van der Waals surface area contributed by atoms with Crippen molar-refractivity contribution < 1.29 is 4.74 Å². The Kier molecular flexibility index (Phi) is 3.51. The molecule has 2 aromatic heterocycles. The van der Waals surface area contributed by atoms with Crippen LogP contribution in [0, 0.1) is 0 Å². The van der Waals surface area contributed by atoms with Crippen LogP contribution in [-0.4, -0.2) is 23.7 Å². The van der Waals surface area contributed by atoms with Crippen molar-refractivity contribution in [1.82, 2.24) is 9.97 Å². The van der Waals surface area contributed by atoms with Gasteiger partial charge < -0.3 is 4.74 Å². The summed E-state index contributed by atoms with van der Waals surface area (Å²) in [5, 5.41) is 3.47. The van der Waals surface area contributed by atoms with Crippen LogP contribution in [0.2, 0.25) is 5.15 Å². The maximum absolute atomic E-state index is 6.04. The van der Waals surface area contributed by atoms with E-state index in [1.54, 1.807) is 18.4 Å². The Hall–Kier alpha value is -0.710. The number of rotatable bonds is 4. The van der Waals surface area contributed by atoms with E-state index in [4.69, 9.17) is 16.3 Å². The molecular formula is C10H11ClN2OS. The summed E-state index contributed by atoms with van der Waals surface area (Å²) in [5.41, 5.74) is 0. The smallest absolute Gasteiger partial charge is 0.141 e. The molecule has 0 aliphatic rings. The van der Waals surface area contributed by atoms with E-state index in [-0.39, 0.29) is 0 Å². The maximum atomic E-state index is 6.04. The highest BCUT2D eigenvalue weighted by Crippen LogP contribution is 2.24. The average molecular weight is 243 g/mol. The molecule has 0 fully saturated rings. The summed E-state index contributed by atoms with van der Waals surface area (Å²) >= 11 is 7.63. The largest absolute Gasteiger partial charge is 0.385 e. The monoisotopic (exact) mass is 242 g/mol. The molecule has 0 aliphatic carbocycles. The highest BCUT2D eigenvalue weighted by Gasteiger charge is 2.06. The molecule has 0 amide bonds. The van der Waals surface area contributed by atoms with Gasteiger partial charge in [-0.05, 0) is 17.9 Å². The molecule has 3 nitrogen and oxygen atoms in total. The second kappa shape index (κ2) is 4.88. The third-order valence-electron chi connectivity index (χ3n) is 2.07. The molecule has 0 aromatic carbocycles. The zero-order valence-electron chi connectivity index (χ0n) is 8.36. The summed E-state index contributed by atoms with van der Waals surface area (Å²) in [4.78, 5) is 9.65. The van der Waals surface area contributed by atoms with Crippen LogP contribution in [0.3, 0.4) is 0 Å². The lowest BCUT2D eigenvalue weighted by atomic mass is 10.3. The van der Waals surface area contributed by atoms with Gasteiger partial charge in [-0.15, -0.1) is 11.3 Å². The van der Waals surface area contributed by atoms with Gasteiger partial charge in [0.05, 0.1) is 0 Å². The highest BCUT2D eigenvalue weighted by molar-refractivity contribution is 7.16. The van der Waals surface area contributed by atoms with Crippen molar-refractivity contribution in [3.8, 4) is 0 Å². The Morgan fingerprint density at radius 3 is 3.13 bits per heavy atom. The van der Waals surface area contributed by atoms with Crippen molar-refractivity contribution >= 4 is 33.2 Å². The Morgan fingerprint density at radius 1 is 1.47 bits per heavy atom. The summed E-state index contributed by atoms with van der Waals surface area (Å²) in [6.45, 7) is 0.726. The van der Waals surface area contributed by atoms with Crippen LogP contribution < -0.4 is 0 Å². The molecule has 0 bridgehead atoms. The first-order valence-electron chi connectivity index (χ1n) is 4.70. The number of thiophene rings is 1. The van der Waals surface area contributed by atoms with Crippen LogP contribution >= 0.6 is 22.9 Å². The first-order chi connectivity index (χ1) is 7.31. The normalized spacial score (nSPS) is 11.1. The third-order valence-corrected chi connectivity index (χ3v) is 3.17. The summed E-state index contributed by atoms with van der Waals surface area (Å²) in [6.07, 6.45) is 1.73. The van der Waals surface area contributed by atoms with Crippen molar-refractivity contribution in [2.75, 3.05) is 13.7 Å². The summed E-state index contributed by atoms with van der Waals surface area (Å²) in [5.74, 6) is 0.798. The topological polar surface area (TPSA) is 35.0 Å². The van der Waals surface area contributed by atoms with Crippen molar-refractivity contribution in [3.05, 3.63) is 22.4 Å². The molecule has 0 saturated carbocycles. The van der Waals surface area contributed by atoms with Gasteiger partial charge in [0, 0.05) is 25.5 Å². The van der Waals surface area contributed by atoms with E-state index in [0.29, 0.717) is 5.15 Å². The summed E-state index contributed by atoms with van der Waals surface area (Å²) in [6, 6.07) is 1.95. The molecule has 0 spiro atoms. The molecule has 0 saturated heterocycles.